The normalized spacial score (nSPS) is 21.6. The van der Waals surface area contributed by atoms with Crippen LogP contribution in [0.25, 0.3) is 0 Å². The maximum Gasteiger partial charge on any atom is 0.306 e. The molecular weight excluding hydrogens is 370 g/mol. The van der Waals surface area contributed by atoms with Crippen molar-refractivity contribution in [3.8, 4) is 0 Å². The van der Waals surface area contributed by atoms with Crippen molar-refractivity contribution in [2.45, 2.75) is 161 Å². The summed E-state index contributed by atoms with van der Waals surface area (Å²) in [4.78, 5) is 14.6. The number of hydrogen-bond donors (Lipinski definition) is 0. The van der Waals surface area contributed by atoms with Gasteiger partial charge in [-0.25, -0.2) is 0 Å². The van der Waals surface area contributed by atoms with Gasteiger partial charge in [0.05, 0.1) is 0 Å². The van der Waals surface area contributed by atoms with E-state index in [4.69, 9.17) is 4.74 Å². The lowest BCUT2D eigenvalue weighted by Crippen LogP contribution is -2.54. The Labute approximate surface area is 188 Å². The van der Waals surface area contributed by atoms with Crippen LogP contribution in [0.4, 0.5) is 0 Å². The number of carbonyl (C=O) groups excluding carboxylic acids is 1. The van der Waals surface area contributed by atoms with Crippen LogP contribution in [0.15, 0.2) is 0 Å². The van der Waals surface area contributed by atoms with Gasteiger partial charge in [0.15, 0.2) is 0 Å². The lowest BCUT2D eigenvalue weighted by atomic mass is 9.85. The van der Waals surface area contributed by atoms with Crippen LogP contribution in [-0.2, 0) is 9.53 Å². The van der Waals surface area contributed by atoms with Crippen LogP contribution in [0.3, 0.4) is 0 Å². The lowest BCUT2D eigenvalue weighted by molar-refractivity contribution is -0.155. The molecule has 0 radical (unpaired) electrons. The van der Waals surface area contributed by atoms with E-state index in [1.807, 2.05) is 0 Å². The molecule has 3 nitrogen and oxygen atoms in total. The molecule has 1 heterocycles. The molecular formula is C27H53NO2. The summed E-state index contributed by atoms with van der Waals surface area (Å²) in [5.41, 5.74) is 0.108. The van der Waals surface area contributed by atoms with E-state index in [1.165, 1.54) is 89.9 Å². The number of piperidine rings is 1. The smallest absolute Gasteiger partial charge is 0.306 e. The molecule has 0 aromatic rings. The maximum absolute atomic E-state index is 12.2. The van der Waals surface area contributed by atoms with E-state index < -0.39 is 0 Å². The van der Waals surface area contributed by atoms with Gasteiger partial charge in [-0.05, 0) is 40.7 Å². The Kier molecular flexibility index (Phi) is 14.8. The van der Waals surface area contributed by atoms with E-state index in [-0.39, 0.29) is 17.6 Å². The Morgan fingerprint density at radius 3 is 1.70 bits per heavy atom. The van der Waals surface area contributed by atoms with Gasteiger partial charge in [-0.2, -0.15) is 0 Å². The van der Waals surface area contributed by atoms with Crippen molar-refractivity contribution in [3.63, 3.8) is 0 Å². The van der Waals surface area contributed by atoms with E-state index >= 15 is 0 Å². The number of nitrogens with zero attached hydrogens (tertiary/aromatic N) is 1. The first-order valence-electron chi connectivity index (χ1n) is 13.3. The Bertz CT molecular complexity index is 435. The molecule has 30 heavy (non-hydrogen) atoms. The van der Waals surface area contributed by atoms with E-state index in [1.54, 1.807) is 0 Å². The Balaban J connectivity index is 1.89. The molecule has 0 amide bonds. The zero-order valence-corrected chi connectivity index (χ0v) is 21.1. The Morgan fingerprint density at radius 1 is 0.833 bits per heavy atom. The fourth-order valence-electron chi connectivity index (χ4n) is 4.89. The summed E-state index contributed by atoms with van der Waals surface area (Å²) in [5.74, 6) is 0.0160. The highest BCUT2D eigenvalue weighted by Crippen LogP contribution is 2.32. The summed E-state index contributed by atoms with van der Waals surface area (Å²) in [7, 11) is 2.18. The van der Waals surface area contributed by atoms with E-state index in [2.05, 4.69) is 39.6 Å². The second-order valence-electron chi connectivity index (χ2n) is 10.5. The summed E-state index contributed by atoms with van der Waals surface area (Å²) >= 11 is 0. The minimum atomic E-state index is 0.0160. The number of rotatable bonds is 17. The monoisotopic (exact) mass is 423 g/mol. The maximum atomic E-state index is 12.2. The van der Waals surface area contributed by atoms with Gasteiger partial charge in [0, 0.05) is 24.4 Å². The fourth-order valence-corrected chi connectivity index (χ4v) is 4.89. The van der Waals surface area contributed by atoms with Crippen LogP contribution >= 0.6 is 0 Å². The molecule has 1 fully saturated rings. The summed E-state index contributed by atoms with van der Waals surface area (Å²) in [6, 6.07) is 0.470. The summed E-state index contributed by atoms with van der Waals surface area (Å²) in [6.07, 6.45) is 22.9. The van der Waals surface area contributed by atoms with Gasteiger partial charge >= 0.3 is 5.97 Å². The molecule has 1 saturated heterocycles. The number of ether oxygens (including phenoxy) is 1. The first-order valence-corrected chi connectivity index (χ1v) is 13.3. The van der Waals surface area contributed by atoms with Crippen molar-refractivity contribution in [2.24, 2.45) is 0 Å². The largest absolute Gasteiger partial charge is 0.462 e. The molecule has 3 heteroatoms. The van der Waals surface area contributed by atoms with Crippen molar-refractivity contribution in [1.29, 1.82) is 0 Å². The van der Waals surface area contributed by atoms with Crippen LogP contribution in [0.2, 0.25) is 0 Å². The quantitative estimate of drug-likeness (QED) is 0.175. The number of carbonyl (C=O) groups is 1. The van der Waals surface area contributed by atoms with Crippen LogP contribution in [-0.4, -0.2) is 35.6 Å². The van der Waals surface area contributed by atoms with Crippen LogP contribution < -0.4 is 0 Å². The SMILES string of the molecule is CCCCCCCCCCCCCCCCCC(=O)OC1CC(C)N(C)C(C)(C)C1. The van der Waals surface area contributed by atoms with Crippen molar-refractivity contribution in [1.82, 2.24) is 4.90 Å². The molecule has 2 unspecified atom stereocenters. The van der Waals surface area contributed by atoms with Gasteiger partial charge in [0.1, 0.15) is 6.10 Å². The summed E-state index contributed by atoms with van der Waals surface area (Å²) < 4.78 is 5.80. The van der Waals surface area contributed by atoms with Gasteiger partial charge in [-0.3, -0.25) is 9.69 Å². The molecule has 0 aromatic carbocycles. The minimum Gasteiger partial charge on any atom is -0.462 e. The predicted octanol–water partition coefficient (Wildman–Crippen LogP) is 8.05. The molecule has 1 aliphatic heterocycles. The molecule has 0 saturated carbocycles. The highest BCUT2D eigenvalue weighted by Gasteiger charge is 2.38. The molecule has 2 atom stereocenters. The second kappa shape index (κ2) is 16.1. The molecule has 0 aliphatic carbocycles. The van der Waals surface area contributed by atoms with Crippen LogP contribution in [0.5, 0.6) is 0 Å². The first kappa shape index (κ1) is 27.5. The Morgan fingerprint density at radius 2 is 1.27 bits per heavy atom. The fraction of sp³-hybridized carbons (Fsp3) is 0.963. The lowest BCUT2D eigenvalue weighted by Gasteiger charge is -2.47. The van der Waals surface area contributed by atoms with Gasteiger partial charge in [0.2, 0.25) is 0 Å². The number of hydrogen-bond acceptors (Lipinski definition) is 3. The number of esters is 1. The predicted molar refractivity (Wildman–Crippen MR) is 130 cm³/mol. The van der Waals surface area contributed by atoms with Crippen LogP contribution in [0.1, 0.15) is 143 Å². The first-order chi connectivity index (χ1) is 14.4. The van der Waals surface area contributed by atoms with Gasteiger partial charge < -0.3 is 4.74 Å². The summed E-state index contributed by atoms with van der Waals surface area (Å²) in [5, 5.41) is 0. The average Bonchev–Trinajstić information content (AvgIpc) is 2.68. The zero-order valence-electron chi connectivity index (χ0n) is 21.1. The van der Waals surface area contributed by atoms with E-state index in [9.17, 15) is 4.79 Å². The van der Waals surface area contributed by atoms with Crippen molar-refractivity contribution < 1.29 is 9.53 Å². The molecule has 178 valence electrons. The molecule has 0 bridgehead atoms. The standard InChI is InChI=1S/C27H53NO2/c1-6-7-8-9-10-11-12-13-14-15-16-17-18-19-20-21-26(29)30-25-22-24(2)28(5)27(3,4)23-25/h24-25H,6-23H2,1-5H3. The van der Waals surface area contributed by atoms with Crippen LogP contribution in [0, 0.1) is 0 Å². The van der Waals surface area contributed by atoms with E-state index in [0.29, 0.717) is 12.5 Å². The van der Waals surface area contributed by atoms with E-state index in [0.717, 1.165) is 19.3 Å². The molecule has 0 N–H and O–H groups in total. The zero-order chi connectivity index (χ0) is 22.2. The van der Waals surface area contributed by atoms with Gasteiger partial charge in [0.25, 0.3) is 0 Å². The molecule has 1 aliphatic rings. The third kappa shape index (κ3) is 12.3. The summed E-state index contributed by atoms with van der Waals surface area (Å²) in [6.45, 7) is 9.01. The second-order valence-corrected chi connectivity index (χ2v) is 10.5. The Hall–Kier alpha value is -0.570. The molecule has 0 aromatic heterocycles. The van der Waals surface area contributed by atoms with Crippen molar-refractivity contribution in [2.75, 3.05) is 7.05 Å². The highest BCUT2D eigenvalue weighted by molar-refractivity contribution is 5.69. The number of unbranched alkanes of at least 4 members (excludes halogenated alkanes) is 14. The molecule has 1 rings (SSSR count). The number of likely N-dealkylation sites (tertiary alicyclic amines) is 1. The van der Waals surface area contributed by atoms with Gasteiger partial charge in [-0.15, -0.1) is 0 Å². The van der Waals surface area contributed by atoms with Crippen molar-refractivity contribution >= 4 is 5.97 Å². The highest BCUT2D eigenvalue weighted by atomic mass is 16.5. The third-order valence-electron chi connectivity index (χ3n) is 7.23. The average molecular weight is 424 g/mol. The van der Waals surface area contributed by atoms with Crippen molar-refractivity contribution in [3.05, 3.63) is 0 Å². The van der Waals surface area contributed by atoms with Gasteiger partial charge in [-0.1, -0.05) is 96.8 Å². The molecule has 0 spiro atoms. The topological polar surface area (TPSA) is 29.5 Å². The minimum absolute atomic E-state index is 0.0160. The third-order valence-corrected chi connectivity index (χ3v) is 7.23.